The summed E-state index contributed by atoms with van der Waals surface area (Å²) in [5, 5.41) is 2.89. The summed E-state index contributed by atoms with van der Waals surface area (Å²) in [6.45, 7) is 5.85. The summed E-state index contributed by atoms with van der Waals surface area (Å²) in [7, 11) is -2.70. The summed E-state index contributed by atoms with van der Waals surface area (Å²) in [6.07, 6.45) is 0.508. The van der Waals surface area contributed by atoms with Crippen molar-refractivity contribution in [3.8, 4) is 5.75 Å². The molecule has 0 saturated heterocycles. The van der Waals surface area contributed by atoms with Crippen LogP contribution in [0.15, 0.2) is 89.8 Å². The van der Waals surface area contributed by atoms with Gasteiger partial charge in [0.2, 0.25) is 11.8 Å². The number of benzene rings is 3. The molecule has 0 heterocycles. The van der Waals surface area contributed by atoms with E-state index in [1.54, 1.807) is 49.4 Å². The van der Waals surface area contributed by atoms with Crippen LogP contribution >= 0.6 is 0 Å². The van der Waals surface area contributed by atoms with Crippen molar-refractivity contribution in [3.63, 3.8) is 0 Å². The molecule has 1 N–H and O–H groups in total. The van der Waals surface area contributed by atoms with Gasteiger partial charge in [-0.3, -0.25) is 13.9 Å². The Labute approximate surface area is 231 Å². The first kappa shape index (κ1) is 29.7. The maximum atomic E-state index is 13.9. The third-order valence-corrected chi connectivity index (χ3v) is 8.07. The predicted octanol–water partition coefficient (Wildman–Crippen LogP) is 4.12. The maximum Gasteiger partial charge on any atom is 0.264 e. The summed E-state index contributed by atoms with van der Waals surface area (Å²) in [4.78, 5) is 28.4. The van der Waals surface area contributed by atoms with E-state index in [-0.39, 0.29) is 29.0 Å². The number of nitrogens with zero attached hydrogens (tertiary/aromatic N) is 2. The largest absolute Gasteiger partial charge is 0.495 e. The number of hydrogen-bond acceptors (Lipinski definition) is 5. The van der Waals surface area contributed by atoms with Gasteiger partial charge in [0.05, 0.1) is 17.7 Å². The molecule has 0 radical (unpaired) electrons. The van der Waals surface area contributed by atoms with Crippen LogP contribution in [0.4, 0.5) is 5.69 Å². The third kappa shape index (κ3) is 7.83. The smallest absolute Gasteiger partial charge is 0.264 e. The Kier molecular flexibility index (Phi) is 10.5. The van der Waals surface area contributed by atoms with Crippen LogP contribution in [0.1, 0.15) is 26.3 Å². The highest BCUT2D eigenvalue weighted by atomic mass is 32.2. The molecule has 0 fully saturated rings. The average Bonchev–Trinajstić information content (AvgIpc) is 2.95. The van der Waals surface area contributed by atoms with Gasteiger partial charge in [0.25, 0.3) is 10.0 Å². The highest BCUT2D eigenvalue weighted by Gasteiger charge is 2.33. The Morgan fingerprint density at radius 2 is 1.46 bits per heavy atom. The van der Waals surface area contributed by atoms with Crippen molar-refractivity contribution in [2.75, 3.05) is 31.0 Å². The predicted molar refractivity (Wildman–Crippen MR) is 153 cm³/mol. The summed E-state index contributed by atoms with van der Waals surface area (Å²) < 4.78 is 34.2. The number of para-hydroxylation sites is 2. The Morgan fingerprint density at radius 3 is 2.08 bits per heavy atom. The molecule has 0 aromatic heterocycles. The van der Waals surface area contributed by atoms with Crippen molar-refractivity contribution in [3.05, 3.63) is 90.5 Å². The number of hydrogen-bond donors (Lipinski definition) is 1. The van der Waals surface area contributed by atoms with E-state index in [0.29, 0.717) is 18.7 Å². The number of nitrogens with one attached hydrogen (secondary N) is 1. The molecule has 0 spiro atoms. The van der Waals surface area contributed by atoms with Gasteiger partial charge >= 0.3 is 0 Å². The van der Waals surface area contributed by atoms with Gasteiger partial charge in [0.1, 0.15) is 18.3 Å². The molecule has 9 heteroatoms. The highest BCUT2D eigenvalue weighted by Crippen LogP contribution is 2.32. The molecular weight excluding hydrogens is 514 g/mol. The molecule has 3 rings (SSSR count). The van der Waals surface area contributed by atoms with E-state index < -0.39 is 28.5 Å². The van der Waals surface area contributed by atoms with Crippen molar-refractivity contribution < 1.29 is 22.7 Å². The van der Waals surface area contributed by atoms with E-state index in [2.05, 4.69) is 5.32 Å². The molecule has 208 valence electrons. The summed E-state index contributed by atoms with van der Waals surface area (Å²) in [5.74, 6) is -0.238. The second-order valence-corrected chi connectivity index (χ2v) is 11.5. The topological polar surface area (TPSA) is 96.0 Å². The van der Waals surface area contributed by atoms with Crippen molar-refractivity contribution >= 4 is 27.5 Å². The van der Waals surface area contributed by atoms with E-state index in [1.165, 1.54) is 24.1 Å². The van der Waals surface area contributed by atoms with Gasteiger partial charge in [-0.05, 0) is 49.1 Å². The van der Waals surface area contributed by atoms with Crippen molar-refractivity contribution in [2.45, 2.75) is 38.1 Å². The molecule has 0 aliphatic rings. The zero-order valence-electron chi connectivity index (χ0n) is 22.9. The lowest BCUT2D eigenvalue weighted by atomic mass is 10.1. The monoisotopic (exact) mass is 551 g/mol. The van der Waals surface area contributed by atoms with Gasteiger partial charge in [-0.15, -0.1) is 0 Å². The molecule has 3 aromatic carbocycles. The number of amides is 2. The first-order chi connectivity index (χ1) is 18.6. The summed E-state index contributed by atoms with van der Waals surface area (Å²) in [5.41, 5.74) is 1.24. The normalized spacial score (nSPS) is 12.0. The van der Waals surface area contributed by atoms with Crippen LogP contribution in [-0.4, -0.2) is 57.9 Å². The fraction of sp³-hybridized carbons (Fsp3) is 0.333. The van der Waals surface area contributed by atoms with Gasteiger partial charge in [0, 0.05) is 13.1 Å². The number of rotatable bonds is 13. The van der Waals surface area contributed by atoms with Gasteiger partial charge in [-0.1, -0.05) is 74.5 Å². The molecule has 2 amide bonds. The van der Waals surface area contributed by atoms with Crippen LogP contribution in [0.3, 0.4) is 0 Å². The molecule has 3 aromatic rings. The molecule has 8 nitrogen and oxygen atoms in total. The van der Waals surface area contributed by atoms with E-state index in [9.17, 15) is 18.0 Å². The number of ether oxygens (including phenoxy) is 1. The molecule has 0 unspecified atom stereocenters. The van der Waals surface area contributed by atoms with Crippen LogP contribution in [0.25, 0.3) is 0 Å². The number of carbonyl (C=O) groups excluding carboxylic acids is 2. The molecule has 0 bridgehead atoms. The zero-order valence-corrected chi connectivity index (χ0v) is 23.7. The van der Waals surface area contributed by atoms with Crippen molar-refractivity contribution in [2.24, 2.45) is 5.92 Å². The fourth-order valence-corrected chi connectivity index (χ4v) is 5.54. The Hall–Kier alpha value is -3.85. The molecule has 1 atom stereocenters. The zero-order chi connectivity index (χ0) is 28.4. The van der Waals surface area contributed by atoms with Crippen LogP contribution in [0, 0.1) is 5.92 Å². The van der Waals surface area contributed by atoms with Crippen LogP contribution in [0.5, 0.6) is 5.75 Å². The SMILES string of the molecule is COc1ccccc1N(CC(=O)N(CCc1ccccc1)[C@@H](C)C(=O)NCC(C)C)S(=O)(=O)c1ccccc1. The molecule has 0 aliphatic carbocycles. The minimum absolute atomic E-state index is 0.0438. The van der Waals surface area contributed by atoms with Crippen LogP contribution in [-0.2, 0) is 26.0 Å². The molecule has 39 heavy (non-hydrogen) atoms. The fourth-order valence-electron chi connectivity index (χ4n) is 4.09. The molecule has 0 saturated carbocycles. The Balaban J connectivity index is 1.98. The second kappa shape index (κ2) is 13.8. The van der Waals surface area contributed by atoms with E-state index in [0.717, 1.165) is 9.87 Å². The quantitative estimate of drug-likeness (QED) is 0.345. The van der Waals surface area contributed by atoms with Crippen LogP contribution < -0.4 is 14.4 Å². The van der Waals surface area contributed by atoms with Gasteiger partial charge in [0.15, 0.2) is 0 Å². The first-order valence-electron chi connectivity index (χ1n) is 13.0. The Bertz CT molecular complexity index is 1330. The number of carbonyl (C=O) groups is 2. The van der Waals surface area contributed by atoms with E-state index in [1.807, 2.05) is 44.2 Å². The lowest BCUT2D eigenvalue weighted by molar-refractivity contribution is -0.138. The number of sulfonamides is 1. The van der Waals surface area contributed by atoms with E-state index in [4.69, 9.17) is 4.74 Å². The minimum Gasteiger partial charge on any atom is -0.495 e. The van der Waals surface area contributed by atoms with E-state index >= 15 is 0 Å². The highest BCUT2D eigenvalue weighted by molar-refractivity contribution is 7.92. The Morgan fingerprint density at radius 1 is 0.872 bits per heavy atom. The third-order valence-electron chi connectivity index (χ3n) is 6.30. The lowest BCUT2D eigenvalue weighted by Gasteiger charge is -2.32. The van der Waals surface area contributed by atoms with Gasteiger partial charge in [-0.2, -0.15) is 0 Å². The standard InChI is InChI=1S/C30H37N3O5S/c1-23(2)21-31-30(35)24(3)32(20-19-25-13-7-5-8-14-25)29(34)22-33(27-17-11-12-18-28(27)38-4)39(36,37)26-15-9-6-10-16-26/h5-18,23-24H,19-22H2,1-4H3,(H,31,35)/t24-/m0/s1. The molecule has 0 aliphatic heterocycles. The first-order valence-corrected chi connectivity index (χ1v) is 14.4. The summed E-state index contributed by atoms with van der Waals surface area (Å²) in [6, 6.07) is 23.4. The van der Waals surface area contributed by atoms with Crippen LogP contribution in [0.2, 0.25) is 0 Å². The number of anilines is 1. The molecular formula is C30H37N3O5S. The van der Waals surface area contributed by atoms with Gasteiger partial charge in [-0.25, -0.2) is 8.42 Å². The second-order valence-electron chi connectivity index (χ2n) is 9.63. The van der Waals surface area contributed by atoms with Gasteiger partial charge < -0.3 is 15.0 Å². The van der Waals surface area contributed by atoms with Crippen molar-refractivity contribution in [1.29, 1.82) is 0 Å². The number of methoxy groups -OCH3 is 1. The summed E-state index contributed by atoms with van der Waals surface area (Å²) >= 11 is 0. The minimum atomic E-state index is -4.14. The lowest BCUT2D eigenvalue weighted by Crippen LogP contribution is -2.52. The van der Waals surface area contributed by atoms with Crippen molar-refractivity contribution in [1.82, 2.24) is 10.2 Å². The maximum absolute atomic E-state index is 13.9. The average molecular weight is 552 g/mol.